The summed E-state index contributed by atoms with van der Waals surface area (Å²) in [5, 5.41) is 0. The van der Waals surface area contributed by atoms with E-state index in [0.29, 0.717) is 0 Å². The van der Waals surface area contributed by atoms with Crippen molar-refractivity contribution in [3.8, 4) is 0 Å². The van der Waals surface area contributed by atoms with E-state index in [9.17, 15) is 0 Å². The molecule has 0 bridgehead atoms. The molecule has 0 spiro atoms. The van der Waals surface area contributed by atoms with Crippen molar-refractivity contribution in [2.75, 3.05) is 24.0 Å². The quantitative estimate of drug-likeness (QED) is 0.686. The molecule has 3 rings (SSSR count). The predicted molar refractivity (Wildman–Crippen MR) is 111 cm³/mol. The Hall–Kier alpha value is -2.46. The first-order chi connectivity index (χ1) is 13.1. The Morgan fingerprint density at radius 1 is 0.852 bits per heavy atom. The molecular formula is C23H29N2O2. The Morgan fingerprint density at radius 2 is 1.41 bits per heavy atom. The van der Waals surface area contributed by atoms with Crippen molar-refractivity contribution in [1.29, 1.82) is 0 Å². The van der Waals surface area contributed by atoms with E-state index in [1.165, 1.54) is 11.1 Å². The highest BCUT2D eigenvalue weighted by Crippen LogP contribution is 2.37. The first kappa shape index (κ1) is 19.3. The van der Waals surface area contributed by atoms with Gasteiger partial charge in [0, 0.05) is 24.1 Å². The van der Waals surface area contributed by atoms with Crippen LogP contribution < -0.4 is 9.80 Å². The van der Waals surface area contributed by atoms with Gasteiger partial charge in [-0.2, -0.15) is 0 Å². The smallest absolute Gasteiger partial charge is 0.199 e. The van der Waals surface area contributed by atoms with E-state index in [2.05, 4.69) is 85.8 Å². The summed E-state index contributed by atoms with van der Waals surface area (Å²) in [6, 6.07) is 17.0. The van der Waals surface area contributed by atoms with E-state index < -0.39 is 0 Å². The number of hydrogen-bond donors (Lipinski definition) is 0. The summed E-state index contributed by atoms with van der Waals surface area (Å²) in [5.74, 6) is 0.843. The molecule has 0 fully saturated rings. The number of methoxy groups -OCH3 is 2. The van der Waals surface area contributed by atoms with Gasteiger partial charge in [0.15, 0.2) is 18.8 Å². The van der Waals surface area contributed by atoms with Crippen LogP contribution in [0, 0.1) is 20.5 Å². The number of anilines is 2. The largest absolute Gasteiger partial charge is 0.482 e. The third-order valence-electron chi connectivity index (χ3n) is 4.86. The molecule has 4 nitrogen and oxygen atoms in total. The zero-order valence-corrected chi connectivity index (χ0v) is 16.9. The second kappa shape index (κ2) is 8.49. The second-order valence-electron chi connectivity index (χ2n) is 6.94. The molecule has 0 aromatic heterocycles. The molecule has 1 unspecified atom stereocenters. The van der Waals surface area contributed by atoms with Gasteiger partial charge in [0.1, 0.15) is 0 Å². The van der Waals surface area contributed by atoms with E-state index in [1.807, 2.05) is 0 Å². The number of ether oxygens (including phenoxy) is 2. The van der Waals surface area contributed by atoms with Gasteiger partial charge in [0.05, 0.1) is 7.11 Å². The number of hydrogen-bond acceptors (Lipinski definition) is 4. The highest BCUT2D eigenvalue weighted by molar-refractivity contribution is 5.63. The summed E-state index contributed by atoms with van der Waals surface area (Å²) in [6.07, 6.45) is 1.73. The second-order valence-corrected chi connectivity index (χ2v) is 6.94. The molecule has 1 atom stereocenters. The minimum atomic E-state index is -0.190. The first-order valence-electron chi connectivity index (χ1n) is 9.44. The molecule has 4 heteroatoms. The number of rotatable bonds is 6. The van der Waals surface area contributed by atoms with Gasteiger partial charge in [-0.3, -0.25) is 4.90 Å². The van der Waals surface area contributed by atoms with Crippen LogP contribution in [0.15, 0.2) is 60.0 Å². The van der Waals surface area contributed by atoms with Gasteiger partial charge in [-0.15, -0.1) is 0 Å². The van der Waals surface area contributed by atoms with E-state index in [4.69, 9.17) is 9.47 Å². The van der Waals surface area contributed by atoms with Crippen molar-refractivity contribution in [3.63, 3.8) is 0 Å². The molecule has 143 valence electrons. The minimum absolute atomic E-state index is 0.190. The Labute approximate surface area is 163 Å². The molecular weight excluding hydrogens is 336 g/mol. The fraction of sp³-hybridized carbons (Fsp3) is 0.348. The molecule has 0 saturated carbocycles. The van der Waals surface area contributed by atoms with E-state index >= 15 is 0 Å². The first-order valence-corrected chi connectivity index (χ1v) is 9.44. The number of nitrogens with zero attached hydrogens (tertiary/aromatic N) is 2. The van der Waals surface area contributed by atoms with Crippen LogP contribution in [-0.2, 0) is 9.47 Å². The molecule has 2 aromatic carbocycles. The highest BCUT2D eigenvalue weighted by Gasteiger charge is 2.35. The maximum absolute atomic E-state index is 5.92. The van der Waals surface area contributed by atoms with E-state index in [0.717, 1.165) is 35.7 Å². The van der Waals surface area contributed by atoms with Gasteiger partial charge >= 0.3 is 0 Å². The van der Waals surface area contributed by atoms with E-state index in [-0.39, 0.29) is 6.23 Å². The van der Waals surface area contributed by atoms with Crippen LogP contribution in [-0.4, -0.2) is 20.4 Å². The lowest BCUT2D eigenvalue weighted by atomic mass is 10.0. The van der Waals surface area contributed by atoms with Crippen LogP contribution in [0.2, 0.25) is 0 Å². The SMILES string of the molecule is CCCC1=C(OC)N(c2ccc(C)cc2)[CH]N(c2ccc(C)cc2)C1OC. The molecule has 1 aliphatic rings. The lowest BCUT2D eigenvalue weighted by Gasteiger charge is -2.43. The molecule has 1 heterocycles. The minimum Gasteiger partial charge on any atom is -0.482 e. The molecule has 0 N–H and O–H groups in total. The van der Waals surface area contributed by atoms with Gasteiger partial charge in [-0.1, -0.05) is 48.7 Å². The summed E-state index contributed by atoms with van der Waals surface area (Å²) in [7, 11) is 3.48. The van der Waals surface area contributed by atoms with Crippen LogP contribution in [0.4, 0.5) is 11.4 Å². The highest BCUT2D eigenvalue weighted by atomic mass is 16.5. The van der Waals surface area contributed by atoms with Crippen molar-refractivity contribution in [1.82, 2.24) is 0 Å². The summed E-state index contributed by atoms with van der Waals surface area (Å²) in [6.45, 7) is 8.44. The maximum Gasteiger partial charge on any atom is 0.199 e. The molecule has 1 radical (unpaired) electrons. The number of aryl methyl sites for hydroxylation is 2. The average Bonchev–Trinajstić information content (AvgIpc) is 2.68. The molecule has 0 amide bonds. The predicted octanol–water partition coefficient (Wildman–Crippen LogP) is 5.38. The Bertz CT molecular complexity index is 781. The zero-order valence-electron chi connectivity index (χ0n) is 16.9. The van der Waals surface area contributed by atoms with Crippen LogP contribution in [0.5, 0.6) is 0 Å². The molecule has 0 saturated heterocycles. The van der Waals surface area contributed by atoms with Crippen molar-refractivity contribution in [2.45, 2.75) is 39.8 Å². The van der Waals surface area contributed by atoms with Gasteiger partial charge in [-0.05, 0) is 44.5 Å². The third kappa shape index (κ3) is 3.96. The standard InChI is InChI=1S/C23H29N2O2/c1-6-7-21-22(26-4)24(19-12-8-17(2)9-13-19)16-25(23(21)27-5)20-14-10-18(3)11-15-20/h8-16,22H,6-7H2,1-5H3. The fourth-order valence-corrected chi connectivity index (χ4v) is 3.46. The van der Waals surface area contributed by atoms with E-state index in [1.54, 1.807) is 14.2 Å². The fourth-order valence-electron chi connectivity index (χ4n) is 3.46. The van der Waals surface area contributed by atoms with Gasteiger partial charge < -0.3 is 14.4 Å². The summed E-state index contributed by atoms with van der Waals surface area (Å²) in [5.41, 5.74) is 5.77. The van der Waals surface area contributed by atoms with Crippen LogP contribution >= 0.6 is 0 Å². The van der Waals surface area contributed by atoms with Crippen molar-refractivity contribution in [2.24, 2.45) is 0 Å². The van der Waals surface area contributed by atoms with Crippen LogP contribution in [0.1, 0.15) is 30.9 Å². The van der Waals surface area contributed by atoms with Crippen LogP contribution in [0.3, 0.4) is 0 Å². The Kier molecular flexibility index (Phi) is 6.07. The normalized spacial score (nSPS) is 17.4. The van der Waals surface area contributed by atoms with Crippen LogP contribution in [0.25, 0.3) is 0 Å². The summed E-state index contributed by atoms with van der Waals surface area (Å²) >= 11 is 0. The molecule has 27 heavy (non-hydrogen) atoms. The summed E-state index contributed by atoms with van der Waals surface area (Å²) in [4.78, 5) is 4.28. The number of benzene rings is 2. The maximum atomic E-state index is 5.92. The molecule has 2 aromatic rings. The van der Waals surface area contributed by atoms with Crippen molar-refractivity contribution in [3.05, 3.63) is 77.8 Å². The van der Waals surface area contributed by atoms with Crippen molar-refractivity contribution < 1.29 is 9.47 Å². The Morgan fingerprint density at radius 3 is 1.89 bits per heavy atom. The Balaban J connectivity index is 2.09. The average molecular weight is 365 g/mol. The van der Waals surface area contributed by atoms with Crippen molar-refractivity contribution >= 4 is 11.4 Å². The molecule has 1 aliphatic heterocycles. The lowest BCUT2D eigenvalue weighted by molar-refractivity contribution is 0.114. The van der Waals surface area contributed by atoms with Gasteiger partial charge in [0.2, 0.25) is 0 Å². The topological polar surface area (TPSA) is 24.9 Å². The van der Waals surface area contributed by atoms with Gasteiger partial charge in [-0.25, -0.2) is 0 Å². The third-order valence-corrected chi connectivity index (χ3v) is 4.86. The molecule has 0 aliphatic carbocycles. The lowest BCUT2D eigenvalue weighted by Crippen LogP contribution is -2.48. The van der Waals surface area contributed by atoms with Gasteiger partial charge in [0.25, 0.3) is 0 Å². The monoisotopic (exact) mass is 365 g/mol. The zero-order chi connectivity index (χ0) is 19.4. The summed E-state index contributed by atoms with van der Waals surface area (Å²) < 4.78 is 11.8.